The number of aryl methyl sites for hydroxylation is 1. The van der Waals surface area contributed by atoms with Gasteiger partial charge in [0.2, 0.25) is 11.6 Å². The molecule has 1 unspecified atom stereocenters. The van der Waals surface area contributed by atoms with Gasteiger partial charge in [-0.3, -0.25) is 9.69 Å². The number of ether oxygens (including phenoxy) is 2. The Kier molecular flexibility index (Phi) is 5.83. The maximum Gasteiger partial charge on any atom is 0.230 e. The molecule has 11 nitrogen and oxygen atoms in total. The molecule has 11 heteroatoms. The fourth-order valence-corrected chi connectivity index (χ4v) is 5.50. The van der Waals surface area contributed by atoms with E-state index >= 15 is 0 Å². The molecule has 0 radical (unpaired) electrons. The highest BCUT2D eigenvalue weighted by molar-refractivity contribution is 5.85. The van der Waals surface area contributed by atoms with Crippen LogP contribution in [-0.2, 0) is 16.0 Å². The van der Waals surface area contributed by atoms with E-state index in [0.717, 1.165) is 42.8 Å². The predicted molar refractivity (Wildman–Crippen MR) is 128 cm³/mol. The van der Waals surface area contributed by atoms with E-state index < -0.39 is 0 Å². The molecule has 0 N–H and O–H groups in total. The van der Waals surface area contributed by atoms with Crippen molar-refractivity contribution >= 4 is 11.6 Å². The van der Waals surface area contributed by atoms with E-state index in [1.807, 2.05) is 29.2 Å². The van der Waals surface area contributed by atoms with Crippen molar-refractivity contribution in [2.45, 2.75) is 30.9 Å². The Morgan fingerprint density at radius 1 is 1.22 bits per heavy atom. The van der Waals surface area contributed by atoms with E-state index in [4.69, 9.17) is 21.0 Å². The van der Waals surface area contributed by atoms with Crippen LogP contribution in [0.1, 0.15) is 35.3 Å². The summed E-state index contributed by atoms with van der Waals surface area (Å²) in [7, 11) is 1.58. The fourth-order valence-electron chi connectivity index (χ4n) is 5.50. The Morgan fingerprint density at radius 2 is 2.14 bits per heavy atom. The van der Waals surface area contributed by atoms with Gasteiger partial charge in [-0.05, 0) is 46.5 Å². The zero-order valence-electron chi connectivity index (χ0n) is 19.9. The summed E-state index contributed by atoms with van der Waals surface area (Å²) in [5.74, 6) is 1.25. The van der Waals surface area contributed by atoms with Gasteiger partial charge in [0.15, 0.2) is 5.82 Å². The van der Waals surface area contributed by atoms with E-state index in [1.54, 1.807) is 13.2 Å². The van der Waals surface area contributed by atoms with Crippen molar-refractivity contribution in [3.63, 3.8) is 0 Å². The van der Waals surface area contributed by atoms with Crippen molar-refractivity contribution in [2.75, 3.05) is 39.9 Å². The molecule has 3 atom stereocenters. The summed E-state index contributed by atoms with van der Waals surface area (Å²) >= 11 is 0. The molecule has 2 aliphatic heterocycles. The summed E-state index contributed by atoms with van der Waals surface area (Å²) in [6.07, 6.45) is 2.97. The van der Waals surface area contributed by atoms with Crippen LogP contribution in [0, 0.1) is 6.57 Å². The largest absolute Gasteiger partial charge is 0.508 e. The number of hydrogen-bond donors (Lipinski definition) is 0. The van der Waals surface area contributed by atoms with Crippen LogP contribution in [0.3, 0.4) is 0 Å². The molecule has 2 aromatic heterocycles. The molecule has 0 saturated carbocycles. The third-order valence-electron chi connectivity index (χ3n) is 7.42. The maximum atomic E-state index is 13.5. The van der Waals surface area contributed by atoms with Gasteiger partial charge in [0, 0.05) is 31.9 Å². The van der Waals surface area contributed by atoms with Gasteiger partial charge < -0.3 is 14.4 Å². The van der Waals surface area contributed by atoms with Crippen molar-refractivity contribution in [1.82, 2.24) is 35.0 Å². The van der Waals surface area contributed by atoms with Gasteiger partial charge in [-0.25, -0.2) is 9.83 Å². The van der Waals surface area contributed by atoms with E-state index in [1.165, 1.54) is 11.0 Å². The lowest BCUT2D eigenvalue weighted by Gasteiger charge is -2.46. The van der Waals surface area contributed by atoms with Crippen molar-refractivity contribution in [3.8, 4) is 11.6 Å². The molecule has 1 aliphatic carbocycles. The summed E-state index contributed by atoms with van der Waals surface area (Å²) in [6, 6.07) is 9.66. The monoisotopic (exact) mass is 486 g/mol. The first-order valence-electron chi connectivity index (χ1n) is 12.1. The minimum absolute atomic E-state index is 0.0839. The molecule has 4 heterocycles. The third kappa shape index (κ3) is 3.98. The molecule has 1 aromatic carbocycles. The van der Waals surface area contributed by atoms with Crippen molar-refractivity contribution in [2.24, 2.45) is 0 Å². The summed E-state index contributed by atoms with van der Waals surface area (Å²) in [6.45, 7) is 10.8. The zero-order chi connectivity index (χ0) is 24.6. The number of methoxy groups -OCH3 is 1. The SMILES string of the molecule is [C-]#[N+]c1ccc([C@@H]2CN3CCN(C(=O)C4CCc5nc(-n6cnnn6)ccc54)C[C@@H]3CO2)cc1OC. The van der Waals surface area contributed by atoms with Gasteiger partial charge in [0.05, 0.1) is 38.4 Å². The number of morpholine rings is 1. The highest BCUT2D eigenvalue weighted by Gasteiger charge is 2.39. The number of piperazine rings is 1. The zero-order valence-corrected chi connectivity index (χ0v) is 19.9. The Balaban J connectivity index is 1.11. The molecule has 3 aliphatic rings. The van der Waals surface area contributed by atoms with E-state index in [0.29, 0.717) is 37.0 Å². The number of tetrazole rings is 1. The second kappa shape index (κ2) is 9.29. The van der Waals surface area contributed by atoms with E-state index in [9.17, 15) is 4.79 Å². The summed E-state index contributed by atoms with van der Waals surface area (Å²) in [5, 5.41) is 11.2. The first-order valence-corrected chi connectivity index (χ1v) is 12.1. The standard InChI is InChI=1S/C25H26N8O3/c1-26-21-6-3-16(11-22(21)35-2)23-13-31-9-10-32(12-17(31)14-36-23)25(34)19-4-7-20-18(19)5-8-24(28-20)33-15-27-29-30-33/h3,5-6,8,11,15,17,19,23H,4,7,9-10,12-14H2,2H3/t17-,19?,23+/m1/s1. The molecule has 0 spiro atoms. The highest BCUT2D eigenvalue weighted by Crippen LogP contribution is 2.36. The first-order chi connectivity index (χ1) is 17.6. The molecule has 184 valence electrons. The Morgan fingerprint density at radius 3 is 2.94 bits per heavy atom. The van der Waals surface area contributed by atoms with Crippen molar-refractivity contribution < 1.29 is 14.3 Å². The minimum Gasteiger partial charge on any atom is -0.508 e. The van der Waals surface area contributed by atoms with Crippen LogP contribution < -0.4 is 4.74 Å². The minimum atomic E-state index is -0.160. The average Bonchev–Trinajstić information content (AvgIpc) is 3.62. The topological polar surface area (TPSA) is 103 Å². The number of fused-ring (bicyclic) bond motifs is 2. The summed E-state index contributed by atoms with van der Waals surface area (Å²) < 4.78 is 13.1. The highest BCUT2D eigenvalue weighted by atomic mass is 16.5. The quantitative estimate of drug-likeness (QED) is 0.516. The second-order valence-corrected chi connectivity index (χ2v) is 9.35. The Bertz CT molecular complexity index is 1320. The molecule has 0 bridgehead atoms. The molecule has 2 fully saturated rings. The van der Waals surface area contributed by atoms with Crippen LogP contribution in [0.5, 0.6) is 5.75 Å². The van der Waals surface area contributed by atoms with Crippen LogP contribution in [0.4, 0.5) is 5.69 Å². The van der Waals surface area contributed by atoms with Gasteiger partial charge in [0.25, 0.3) is 0 Å². The smallest absolute Gasteiger partial charge is 0.230 e. The molecule has 3 aromatic rings. The summed E-state index contributed by atoms with van der Waals surface area (Å²) in [5.41, 5.74) is 3.46. The molecular formula is C25H26N8O3. The number of aromatic nitrogens is 5. The lowest BCUT2D eigenvalue weighted by atomic mass is 9.99. The lowest BCUT2D eigenvalue weighted by Crippen LogP contribution is -2.60. The lowest BCUT2D eigenvalue weighted by molar-refractivity contribution is -0.141. The van der Waals surface area contributed by atoms with E-state index in [-0.39, 0.29) is 24.0 Å². The van der Waals surface area contributed by atoms with E-state index in [2.05, 4.69) is 25.3 Å². The van der Waals surface area contributed by atoms with Gasteiger partial charge in [0.1, 0.15) is 12.1 Å². The maximum absolute atomic E-state index is 13.5. The van der Waals surface area contributed by atoms with Crippen LogP contribution in [0.15, 0.2) is 36.7 Å². The first kappa shape index (κ1) is 22.6. The van der Waals surface area contributed by atoms with Crippen LogP contribution in [0.25, 0.3) is 10.7 Å². The molecule has 2 saturated heterocycles. The molecule has 36 heavy (non-hydrogen) atoms. The Hall–Kier alpha value is -3.88. The average molecular weight is 487 g/mol. The summed E-state index contributed by atoms with van der Waals surface area (Å²) in [4.78, 5) is 26.1. The number of carbonyl (C=O) groups excluding carboxylic acids is 1. The van der Waals surface area contributed by atoms with Crippen LogP contribution in [0.2, 0.25) is 0 Å². The number of rotatable bonds is 4. The van der Waals surface area contributed by atoms with Gasteiger partial charge in [-0.1, -0.05) is 18.2 Å². The number of amides is 1. The Labute approximate surface area is 208 Å². The van der Waals surface area contributed by atoms with Crippen LogP contribution in [-0.4, -0.2) is 86.8 Å². The second-order valence-electron chi connectivity index (χ2n) is 9.35. The van der Waals surface area contributed by atoms with Crippen molar-refractivity contribution in [3.05, 3.63) is 64.9 Å². The molecular weight excluding hydrogens is 460 g/mol. The van der Waals surface area contributed by atoms with Crippen LogP contribution >= 0.6 is 0 Å². The van der Waals surface area contributed by atoms with Crippen molar-refractivity contribution in [1.29, 1.82) is 0 Å². The number of hydrogen-bond acceptors (Lipinski definition) is 8. The normalized spacial score (nSPS) is 23.6. The fraction of sp³-hybridized carbons (Fsp3) is 0.440. The molecule has 6 rings (SSSR count). The van der Waals surface area contributed by atoms with Gasteiger partial charge in [-0.2, -0.15) is 4.68 Å². The van der Waals surface area contributed by atoms with Gasteiger partial charge >= 0.3 is 0 Å². The molecule has 1 amide bonds. The predicted octanol–water partition coefficient (Wildman–Crippen LogP) is 1.93. The third-order valence-corrected chi connectivity index (χ3v) is 7.42. The van der Waals surface area contributed by atoms with Gasteiger partial charge in [-0.15, -0.1) is 5.10 Å². The number of pyridine rings is 1. The number of nitrogens with zero attached hydrogens (tertiary/aromatic N) is 8. The number of carbonyl (C=O) groups is 1. The number of benzene rings is 1.